The van der Waals surface area contributed by atoms with Gasteiger partial charge in [0.15, 0.2) is 5.78 Å². The molecule has 0 amide bonds. The number of ketones is 1. The maximum absolute atomic E-state index is 11.2. The summed E-state index contributed by atoms with van der Waals surface area (Å²) in [6, 6.07) is 6.57. The summed E-state index contributed by atoms with van der Waals surface area (Å²) in [5.74, 6) is 0.296. The van der Waals surface area contributed by atoms with Crippen molar-refractivity contribution in [3.8, 4) is 11.5 Å². The number of carbonyl (C=O) groups is 2. The van der Waals surface area contributed by atoms with Crippen LogP contribution in [0.4, 0.5) is 0 Å². The Morgan fingerprint density at radius 1 is 1.06 bits per heavy atom. The van der Waals surface area contributed by atoms with Crippen LogP contribution in [0.3, 0.4) is 0 Å². The molecule has 4 heteroatoms. The quantitative estimate of drug-likeness (QED) is 0.440. The number of ether oxygens (including phenoxy) is 2. The van der Waals surface area contributed by atoms with E-state index in [1.807, 2.05) is 0 Å². The third kappa shape index (κ3) is 3.96. The average Bonchev–Trinajstić information content (AvgIpc) is 2.27. The van der Waals surface area contributed by atoms with Crippen LogP contribution < -0.4 is 9.47 Å². The summed E-state index contributed by atoms with van der Waals surface area (Å²) >= 11 is 0. The summed E-state index contributed by atoms with van der Waals surface area (Å²) in [5.41, 5.74) is 0. The fourth-order valence-corrected chi connectivity index (χ4v) is 0.979. The molecule has 0 radical (unpaired) electrons. The molecule has 16 heavy (non-hydrogen) atoms. The Bertz CT molecular complexity index is 404. The van der Waals surface area contributed by atoms with Gasteiger partial charge in [-0.3, -0.25) is 4.79 Å². The minimum Gasteiger partial charge on any atom is -0.497 e. The maximum atomic E-state index is 11.2. The van der Waals surface area contributed by atoms with Crippen molar-refractivity contribution in [2.75, 3.05) is 7.11 Å². The van der Waals surface area contributed by atoms with E-state index >= 15 is 0 Å². The molecule has 0 aliphatic carbocycles. The summed E-state index contributed by atoms with van der Waals surface area (Å²) in [6.45, 7) is 1.36. The van der Waals surface area contributed by atoms with E-state index in [0.717, 1.165) is 12.2 Å². The second kappa shape index (κ2) is 5.70. The largest absolute Gasteiger partial charge is 0.497 e. The number of allylic oxidation sites excluding steroid dienone is 1. The second-order valence-corrected chi connectivity index (χ2v) is 3.04. The molecule has 0 fully saturated rings. The summed E-state index contributed by atoms with van der Waals surface area (Å²) in [4.78, 5) is 21.8. The second-order valence-electron chi connectivity index (χ2n) is 3.04. The van der Waals surface area contributed by atoms with E-state index in [2.05, 4.69) is 0 Å². The standard InChI is InChI=1S/C12H12O4/c1-9(13)3-8-12(14)16-11-6-4-10(15-2)5-7-11/h3-8H,1-2H3/b8-3-. The first kappa shape index (κ1) is 12.0. The molecule has 1 rings (SSSR count). The van der Waals surface area contributed by atoms with Gasteiger partial charge < -0.3 is 9.47 Å². The molecule has 4 nitrogen and oxygen atoms in total. The zero-order valence-corrected chi connectivity index (χ0v) is 9.10. The van der Waals surface area contributed by atoms with E-state index in [1.54, 1.807) is 31.4 Å². The fourth-order valence-electron chi connectivity index (χ4n) is 0.979. The first-order chi connectivity index (χ1) is 7.61. The number of benzene rings is 1. The minimum atomic E-state index is -0.583. The summed E-state index contributed by atoms with van der Waals surface area (Å²) in [5, 5.41) is 0. The van der Waals surface area contributed by atoms with Crippen LogP contribution in [0.2, 0.25) is 0 Å². The third-order valence-electron chi connectivity index (χ3n) is 1.73. The topological polar surface area (TPSA) is 52.6 Å². The highest BCUT2D eigenvalue weighted by Crippen LogP contribution is 2.17. The normalized spacial score (nSPS) is 10.1. The molecule has 0 aliphatic rings. The molecule has 1 aromatic carbocycles. The van der Waals surface area contributed by atoms with Crippen LogP contribution in [0.5, 0.6) is 11.5 Å². The van der Waals surface area contributed by atoms with Gasteiger partial charge in [-0.25, -0.2) is 4.79 Å². The predicted octanol–water partition coefficient (Wildman–Crippen LogP) is 1.75. The molecular weight excluding hydrogens is 208 g/mol. The van der Waals surface area contributed by atoms with Crippen LogP contribution in [0.1, 0.15) is 6.92 Å². The molecule has 0 aliphatic heterocycles. The Morgan fingerprint density at radius 2 is 1.62 bits per heavy atom. The number of esters is 1. The number of carbonyl (C=O) groups excluding carboxylic acids is 2. The first-order valence-electron chi connectivity index (χ1n) is 4.66. The Hall–Kier alpha value is -2.10. The molecule has 0 N–H and O–H groups in total. The van der Waals surface area contributed by atoms with Crippen molar-refractivity contribution in [2.24, 2.45) is 0 Å². The van der Waals surface area contributed by atoms with Crippen molar-refractivity contribution in [1.82, 2.24) is 0 Å². The molecular formula is C12H12O4. The molecule has 0 aromatic heterocycles. The highest BCUT2D eigenvalue weighted by Gasteiger charge is 2.00. The molecule has 1 aromatic rings. The third-order valence-corrected chi connectivity index (χ3v) is 1.73. The Labute approximate surface area is 93.5 Å². The van der Waals surface area contributed by atoms with E-state index in [9.17, 15) is 9.59 Å². The van der Waals surface area contributed by atoms with Gasteiger partial charge in [-0.2, -0.15) is 0 Å². The van der Waals surface area contributed by atoms with Gasteiger partial charge in [-0.1, -0.05) is 0 Å². The lowest BCUT2D eigenvalue weighted by molar-refractivity contribution is -0.129. The Kier molecular flexibility index (Phi) is 4.27. The summed E-state index contributed by atoms with van der Waals surface area (Å²) in [7, 11) is 1.55. The van der Waals surface area contributed by atoms with Crippen LogP contribution in [0.15, 0.2) is 36.4 Å². The minimum absolute atomic E-state index is 0.202. The van der Waals surface area contributed by atoms with Crippen molar-refractivity contribution in [1.29, 1.82) is 0 Å². The monoisotopic (exact) mass is 220 g/mol. The van der Waals surface area contributed by atoms with Crippen molar-refractivity contribution in [2.45, 2.75) is 6.92 Å². The number of rotatable bonds is 4. The molecule has 0 heterocycles. The Balaban J connectivity index is 2.59. The summed E-state index contributed by atoms with van der Waals surface area (Å²) < 4.78 is 9.88. The highest BCUT2D eigenvalue weighted by molar-refractivity contribution is 5.95. The van der Waals surface area contributed by atoms with E-state index < -0.39 is 5.97 Å². The van der Waals surface area contributed by atoms with Crippen molar-refractivity contribution in [3.05, 3.63) is 36.4 Å². The molecule has 0 atom stereocenters. The molecule has 0 spiro atoms. The fraction of sp³-hybridized carbons (Fsp3) is 0.167. The molecule has 0 saturated heterocycles. The maximum Gasteiger partial charge on any atom is 0.336 e. The molecule has 0 saturated carbocycles. The highest BCUT2D eigenvalue weighted by atomic mass is 16.5. The van der Waals surface area contributed by atoms with Crippen molar-refractivity contribution >= 4 is 11.8 Å². The van der Waals surface area contributed by atoms with Gasteiger partial charge in [0.25, 0.3) is 0 Å². The van der Waals surface area contributed by atoms with Gasteiger partial charge >= 0.3 is 5.97 Å². The van der Waals surface area contributed by atoms with Gasteiger partial charge in [0.05, 0.1) is 7.11 Å². The van der Waals surface area contributed by atoms with Crippen LogP contribution in [0, 0.1) is 0 Å². The average molecular weight is 220 g/mol. The van der Waals surface area contributed by atoms with Crippen LogP contribution in [-0.4, -0.2) is 18.9 Å². The zero-order valence-electron chi connectivity index (χ0n) is 9.10. The predicted molar refractivity (Wildman–Crippen MR) is 58.5 cm³/mol. The lowest BCUT2D eigenvalue weighted by atomic mass is 10.3. The Morgan fingerprint density at radius 3 is 2.12 bits per heavy atom. The van der Waals surface area contributed by atoms with E-state index in [4.69, 9.17) is 9.47 Å². The molecule has 0 unspecified atom stereocenters. The van der Waals surface area contributed by atoms with Crippen molar-refractivity contribution in [3.63, 3.8) is 0 Å². The van der Waals surface area contributed by atoms with E-state index in [0.29, 0.717) is 11.5 Å². The zero-order chi connectivity index (χ0) is 12.0. The van der Waals surface area contributed by atoms with Crippen LogP contribution in [-0.2, 0) is 9.59 Å². The van der Waals surface area contributed by atoms with Gasteiger partial charge in [-0.15, -0.1) is 0 Å². The number of methoxy groups -OCH3 is 1. The van der Waals surface area contributed by atoms with Gasteiger partial charge in [0, 0.05) is 6.08 Å². The number of hydrogen-bond acceptors (Lipinski definition) is 4. The molecule has 0 bridgehead atoms. The SMILES string of the molecule is COc1ccc(OC(=O)/C=C\C(C)=O)cc1. The van der Waals surface area contributed by atoms with Crippen molar-refractivity contribution < 1.29 is 19.1 Å². The lowest BCUT2D eigenvalue weighted by Crippen LogP contribution is -2.04. The van der Waals surface area contributed by atoms with E-state index in [-0.39, 0.29) is 5.78 Å². The van der Waals surface area contributed by atoms with E-state index in [1.165, 1.54) is 6.92 Å². The first-order valence-corrected chi connectivity index (χ1v) is 4.66. The lowest BCUT2D eigenvalue weighted by Gasteiger charge is -2.02. The molecule has 84 valence electrons. The van der Waals surface area contributed by atoms with Gasteiger partial charge in [0.2, 0.25) is 0 Å². The van der Waals surface area contributed by atoms with Crippen LogP contribution >= 0.6 is 0 Å². The van der Waals surface area contributed by atoms with Crippen LogP contribution in [0.25, 0.3) is 0 Å². The summed E-state index contributed by atoms with van der Waals surface area (Å²) in [6.07, 6.45) is 2.25. The van der Waals surface area contributed by atoms with Gasteiger partial charge in [0.1, 0.15) is 11.5 Å². The number of hydrogen-bond donors (Lipinski definition) is 0. The van der Waals surface area contributed by atoms with Gasteiger partial charge in [-0.05, 0) is 37.3 Å². The smallest absolute Gasteiger partial charge is 0.336 e.